The number of carboxylic acid groups (broad SMARTS) is 2. The molecule has 2 aromatic carbocycles. The van der Waals surface area contributed by atoms with Crippen molar-refractivity contribution >= 4 is 34.9 Å². The summed E-state index contributed by atoms with van der Waals surface area (Å²) in [5, 5.41) is 24.0. The number of hydrogen-bond acceptors (Lipinski definition) is 7. The van der Waals surface area contributed by atoms with Crippen molar-refractivity contribution in [2.45, 2.75) is 19.3 Å². The second-order valence-electron chi connectivity index (χ2n) is 9.08. The van der Waals surface area contributed by atoms with Crippen LogP contribution in [0.2, 0.25) is 0 Å². The first-order chi connectivity index (χ1) is 19.6. The number of aliphatic carboxylic acids is 2. The highest BCUT2D eigenvalue weighted by Crippen LogP contribution is 2.24. The summed E-state index contributed by atoms with van der Waals surface area (Å²) in [6.07, 6.45) is -10.2. The van der Waals surface area contributed by atoms with Crippen LogP contribution in [-0.4, -0.2) is 92.8 Å². The minimum Gasteiger partial charge on any atom is -0.475 e. The monoisotopic (exact) mass is 607 g/mol. The van der Waals surface area contributed by atoms with Gasteiger partial charge in [-0.25, -0.2) is 9.59 Å². The molecule has 0 spiro atoms. The van der Waals surface area contributed by atoms with Gasteiger partial charge >= 0.3 is 24.3 Å². The number of amides is 1. The Morgan fingerprint density at radius 3 is 1.48 bits per heavy atom. The van der Waals surface area contributed by atoms with E-state index in [4.69, 9.17) is 19.8 Å². The van der Waals surface area contributed by atoms with E-state index in [0.717, 1.165) is 63.6 Å². The largest absolute Gasteiger partial charge is 0.490 e. The number of piperazine rings is 2. The third kappa shape index (κ3) is 11.1. The Kier molecular flexibility index (Phi) is 12.4. The highest BCUT2D eigenvalue weighted by molar-refractivity contribution is 6.05. The van der Waals surface area contributed by atoms with E-state index in [1.54, 1.807) is 0 Å². The number of benzene rings is 2. The lowest BCUT2D eigenvalue weighted by molar-refractivity contribution is -0.193. The van der Waals surface area contributed by atoms with Crippen LogP contribution in [0.5, 0.6) is 0 Å². The van der Waals surface area contributed by atoms with Crippen molar-refractivity contribution in [1.29, 1.82) is 0 Å². The van der Waals surface area contributed by atoms with Gasteiger partial charge in [-0.1, -0.05) is 0 Å². The van der Waals surface area contributed by atoms with Crippen molar-refractivity contribution in [2.24, 2.45) is 0 Å². The number of nitrogens with zero attached hydrogens (tertiary/aromatic N) is 2. The maximum atomic E-state index is 12.7. The number of rotatable bonds is 4. The predicted octanol–water partition coefficient (Wildman–Crippen LogP) is 3.33. The molecule has 0 atom stereocenters. The molecule has 1 amide bonds. The van der Waals surface area contributed by atoms with E-state index >= 15 is 0 Å². The van der Waals surface area contributed by atoms with E-state index in [0.29, 0.717) is 5.56 Å². The maximum Gasteiger partial charge on any atom is 0.490 e. The molecule has 0 aliphatic carbocycles. The summed E-state index contributed by atoms with van der Waals surface area (Å²) in [5.41, 5.74) is 5.04. The predicted molar refractivity (Wildman–Crippen MR) is 143 cm³/mol. The van der Waals surface area contributed by atoms with E-state index in [9.17, 15) is 31.1 Å². The molecular weight excluding hydrogens is 576 g/mol. The van der Waals surface area contributed by atoms with Gasteiger partial charge in [0.05, 0.1) is 0 Å². The van der Waals surface area contributed by atoms with Crippen molar-refractivity contribution < 1.29 is 50.9 Å². The zero-order valence-corrected chi connectivity index (χ0v) is 22.5. The fourth-order valence-corrected chi connectivity index (χ4v) is 3.85. The van der Waals surface area contributed by atoms with Crippen LogP contribution in [0.25, 0.3) is 0 Å². The molecule has 2 aliphatic heterocycles. The van der Waals surface area contributed by atoms with Gasteiger partial charge in [-0.3, -0.25) is 4.79 Å². The van der Waals surface area contributed by atoms with Gasteiger partial charge in [-0.05, 0) is 55.0 Å². The summed E-state index contributed by atoms with van der Waals surface area (Å²) in [6, 6.07) is 14.2. The lowest BCUT2D eigenvalue weighted by Crippen LogP contribution is -2.43. The van der Waals surface area contributed by atoms with E-state index in [1.165, 1.54) is 11.4 Å². The molecule has 0 radical (unpaired) electrons. The summed E-state index contributed by atoms with van der Waals surface area (Å²) < 4.78 is 63.5. The number of aryl methyl sites for hydroxylation is 1. The van der Waals surface area contributed by atoms with Crippen molar-refractivity contribution in [2.75, 3.05) is 67.5 Å². The number of anilines is 3. The van der Waals surface area contributed by atoms with Crippen LogP contribution in [0, 0.1) is 6.92 Å². The van der Waals surface area contributed by atoms with Gasteiger partial charge in [0.25, 0.3) is 5.91 Å². The molecule has 0 aromatic heterocycles. The maximum absolute atomic E-state index is 12.7. The minimum absolute atomic E-state index is 0.0649. The highest BCUT2D eigenvalue weighted by Gasteiger charge is 2.38. The molecular formula is C26H31F6N5O5. The van der Waals surface area contributed by atoms with Gasteiger partial charge in [-0.2, -0.15) is 26.3 Å². The normalized spacial score (nSPS) is 15.4. The first-order valence-electron chi connectivity index (χ1n) is 12.6. The smallest absolute Gasteiger partial charge is 0.475 e. The summed E-state index contributed by atoms with van der Waals surface area (Å²) in [4.78, 5) is 35.2. The molecule has 0 bridgehead atoms. The van der Waals surface area contributed by atoms with Gasteiger partial charge in [0.1, 0.15) is 0 Å². The van der Waals surface area contributed by atoms with E-state index in [-0.39, 0.29) is 5.91 Å². The SMILES string of the molecule is Cc1cc(N2CCNCC2)ccc1NC(=O)c1ccc(N2CCNCC2)cc1.O=C(O)C(F)(F)F.O=C(O)C(F)(F)F. The van der Waals surface area contributed by atoms with Crippen molar-refractivity contribution in [1.82, 2.24) is 10.6 Å². The van der Waals surface area contributed by atoms with Gasteiger partial charge in [-0.15, -0.1) is 0 Å². The molecule has 42 heavy (non-hydrogen) atoms. The van der Waals surface area contributed by atoms with E-state index < -0.39 is 24.3 Å². The Hall–Kier alpha value is -4.05. The lowest BCUT2D eigenvalue weighted by atomic mass is 10.1. The first-order valence-corrected chi connectivity index (χ1v) is 12.6. The van der Waals surface area contributed by atoms with Crippen LogP contribution in [0.4, 0.5) is 43.4 Å². The summed E-state index contributed by atoms with van der Waals surface area (Å²) in [6.45, 7) is 10.1. The summed E-state index contributed by atoms with van der Waals surface area (Å²) in [7, 11) is 0. The zero-order chi connectivity index (χ0) is 31.5. The molecule has 0 unspecified atom stereocenters. The zero-order valence-electron chi connectivity index (χ0n) is 22.5. The Labute approximate surface area is 237 Å². The minimum atomic E-state index is -5.08. The van der Waals surface area contributed by atoms with Crippen LogP contribution in [0.15, 0.2) is 42.5 Å². The Morgan fingerprint density at radius 1 is 0.714 bits per heavy atom. The van der Waals surface area contributed by atoms with Crippen LogP contribution in [0.1, 0.15) is 15.9 Å². The molecule has 2 heterocycles. The van der Waals surface area contributed by atoms with Crippen LogP contribution >= 0.6 is 0 Å². The second-order valence-corrected chi connectivity index (χ2v) is 9.08. The molecule has 0 saturated carbocycles. The third-order valence-electron chi connectivity index (χ3n) is 6.04. The van der Waals surface area contributed by atoms with Gasteiger partial charge in [0.2, 0.25) is 0 Å². The Bertz CT molecular complexity index is 1170. The van der Waals surface area contributed by atoms with E-state index in [1.807, 2.05) is 30.3 Å². The van der Waals surface area contributed by atoms with E-state index in [2.05, 4.69) is 44.8 Å². The molecule has 232 valence electrons. The number of halogens is 6. The molecule has 2 fully saturated rings. The summed E-state index contributed by atoms with van der Waals surface area (Å²) in [5.74, 6) is -5.58. The average molecular weight is 608 g/mol. The quantitative estimate of drug-likeness (QED) is 0.332. The average Bonchev–Trinajstić information content (AvgIpc) is 2.95. The molecule has 2 aromatic rings. The number of alkyl halides is 6. The first kappa shape index (κ1) is 34.2. The number of hydrogen-bond donors (Lipinski definition) is 5. The standard InChI is InChI=1S/C22H29N5O.2C2HF3O2/c1-17-16-20(27-14-10-24-11-15-27)6-7-21(17)25-22(28)18-2-4-19(5-3-18)26-12-8-23-9-13-26;2*3-2(4,5)1(6)7/h2-7,16,23-24H,8-15H2,1H3,(H,25,28);2*(H,6,7). The Balaban J connectivity index is 0.000000367. The molecule has 2 aliphatic rings. The molecule has 16 heteroatoms. The second kappa shape index (κ2) is 15.3. The molecule has 4 rings (SSSR count). The van der Waals surface area contributed by atoms with Crippen molar-refractivity contribution in [3.05, 3.63) is 53.6 Å². The third-order valence-corrected chi connectivity index (χ3v) is 6.04. The van der Waals surface area contributed by atoms with Gasteiger partial charge < -0.3 is 36.0 Å². The van der Waals surface area contributed by atoms with Crippen molar-refractivity contribution in [3.8, 4) is 0 Å². The number of nitrogens with one attached hydrogen (secondary N) is 3. The molecule has 10 nitrogen and oxygen atoms in total. The molecule has 2 saturated heterocycles. The number of carbonyl (C=O) groups is 3. The lowest BCUT2D eigenvalue weighted by Gasteiger charge is -2.30. The Morgan fingerprint density at radius 2 is 1.10 bits per heavy atom. The molecule has 5 N–H and O–H groups in total. The van der Waals surface area contributed by atoms with Gasteiger partial charge in [0.15, 0.2) is 0 Å². The van der Waals surface area contributed by atoms with Crippen LogP contribution in [0.3, 0.4) is 0 Å². The highest BCUT2D eigenvalue weighted by atomic mass is 19.4. The van der Waals surface area contributed by atoms with Crippen LogP contribution in [-0.2, 0) is 9.59 Å². The van der Waals surface area contributed by atoms with Gasteiger partial charge in [0, 0.05) is 75.0 Å². The fraction of sp³-hybridized carbons (Fsp3) is 0.423. The van der Waals surface area contributed by atoms with Crippen molar-refractivity contribution in [3.63, 3.8) is 0 Å². The fourth-order valence-electron chi connectivity index (χ4n) is 3.85. The van der Waals surface area contributed by atoms with Crippen LogP contribution < -0.4 is 25.8 Å². The number of carbonyl (C=O) groups excluding carboxylic acids is 1. The summed E-state index contributed by atoms with van der Waals surface area (Å²) >= 11 is 0. The topological polar surface area (TPSA) is 134 Å². The number of carboxylic acids is 2.